The Balaban J connectivity index is 2.06. The molecule has 1 heterocycles. The Morgan fingerprint density at radius 1 is 1.36 bits per heavy atom. The van der Waals surface area contributed by atoms with Crippen molar-refractivity contribution in [1.82, 2.24) is 10.3 Å². The van der Waals surface area contributed by atoms with E-state index in [1.165, 1.54) is 12.3 Å². The molecule has 1 N–H and O–H groups in total. The van der Waals surface area contributed by atoms with Gasteiger partial charge >= 0.3 is 0 Å². The maximum atomic E-state index is 13.6. The summed E-state index contributed by atoms with van der Waals surface area (Å²) < 4.78 is 13.6. The second kappa shape index (κ2) is 7.34. The molecule has 2 rings (SSSR count). The highest BCUT2D eigenvalue weighted by atomic mass is 19.1. The topological polar surface area (TPSA) is 42.0 Å². The van der Waals surface area contributed by atoms with Crippen LogP contribution in [0.5, 0.6) is 0 Å². The number of para-hydroxylation sites is 1. The second-order valence-electron chi connectivity index (χ2n) is 6.04. The molecule has 0 aliphatic carbocycles. The summed E-state index contributed by atoms with van der Waals surface area (Å²) in [4.78, 5) is 16.3. The van der Waals surface area contributed by atoms with Crippen LogP contribution in [0.2, 0.25) is 0 Å². The molecule has 0 aliphatic heterocycles. The van der Waals surface area contributed by atoms with Crippen LogP contribution in [-0.4, -0.2) is 16.9 Å². The SMILES string of the molecule is CCCC(C)CC(C)NC(=O)c1cnc2c(F)cccc2c1. The summed E-state index contributed by atoms with van der Waals surface area (Å²) in [6.45, 7) is 6.38. The van der Waals surface area contributed by atoms with Crippen LogP contribution in [-0.2, 0) is 0 Å². The number of benzene rings is 1. The summed E-state index contributed by atoms with van der Waals surface area (Å²) in [5.74, 6) is 0.0604. The van der Waals surface area contributed by atoms with E-state index in [0.29, 0.717) is 22.4 Å². The zero-order chi connectivity index (χ0) is 16.1. The molecule has 0 saturated heterocycles. The molecule has 2 aromatic rings. The molecule has 0 radical (unpaired) electrons. The fourth-order valence-electron chi connectivity index (χ4n) is 2.83. The summed E-state index contributed by atoms with van der Waals surface area (Å²) in [6.07, 6.45) is 4.71. The fourth-order valence-corrected chi connectivity index (χ4v) is 2.83. The van der Waals surface area contributed by atoms with Crippen molar-refractivity contribution in [3.63, 3.8) is 0 Å². The summed E-state index contributed by atoms with van der Waals surface area (Å²) in [6, 6.07) is 6.54. The third-order valence-corrected chi connectivity index (χ3v) is 3.84. The third-order valence-electron chi connectivity index (χ3n) is 3.84. The first-order valence-corrected chi connectivity index (χ1v) is 7.86. The van der Waals surface area contributed by atoms with Gasteiger partial charge in [-0.3, -0.25) is 9.78 Å². The number of carbonyl (C=O) groups is 1. The van der Waals surface area contributed by atoms with Crippen molar-refractivity contribution in [2.24, 2.45) is 5.92 Å². The molecule has 118 valence electrons. The standard InChI is InChI=1S/C18H23FN2O/c1-4-6-12(2)9-13(3)21-18(22)15-10-14-7-5-8-16(19)17(14)20-11-15/h5,7-8,10-13H,4,6,9H2,1-3H3,(H,21,22). The van der Waals surface area contributed by atoms with E-state index in [9.17, 15) is 9.18 Å². The van der Waals surface area contributed by atoms with E-state index in [0.717, 1.165) is 19.3 Å². The first-order chi connectivity index (χ1) is 10.5. The van der Waals surface area contributed by atoms with E-state index < -0.39 is 0 Å². The van der Waals surface area contributed by atoms with Crippen molar-refractivity contribution < 1.29 is 9.18 Å². The van der Waals surface area contributed by atoms with Crippen molar-refractivity contribution in [3.05, 3.63) is 41.8 Å². The summed E-state index contributed by atoms with van der Waals surface area (Å²) >= 11 is 0. The third kappa shape index (κ3) is 4.03. The molecular weight excluding hydrogens is 279 g/mol. The summed E-state index contributed by atoms with van der Waals surface area (Å²) in [7, 11) is 0. The highest BCUT2D eigenvalue weighted by Gasteiger charge is 2.14. The molecule has 3 nitrogen and oxygen atoms in total. The van der Waals surface area contributed by atoms with Gasteiger partial charge in [0.05, 0.1) is 5.56 Å². The van der Waals surface area contributed by atoms with Crippen molar-refractivity contribution in [2.75, 3.05) is 0 Å². The lowest BCUT2D eigenvalue weighted by Gasteiger charge is -2.18. The monoisotopic (exact) mass is 302 g/mol. The smallest absolute Gasteiger partial charge is 0.253 e. The number of rotatable bonds is 6. The van der Waals surface area contributed by atoms with Crippen molar-refractivity contribution in [2.45, 2.75) is 46.1 Å². The van der Waals surface area contributed by atoms with Gasteiger partial charge in [-0.05, 0) is 31.4 Å². The molecule has 0 saturated carbocycles. The average molecular weight is 302 g/mol. The Morgan fingerprint density at radius 3 is 2.86 bits per heavy atom. The second-order valence-corrected chi connectivity index (χ2v) is 6.04. The van der Waals surface area contributed by atoms with Gasteiger partial charge < -0.3 is 5.32 Å². The number of pyridine rings is 1. The lowest BCUT2D eigenvalue weighted by Crippen LogP contribution is -2.33. The molecule has 2 unspecified atom stereocenters. The van der Waals surface area contributed by atoms with E-state index in [4.69, 9.17) is 0 Å². The average Bonchev–Trinajstić information content (AvgIpc) is 2.47. The molecule has 0 bridgehead atoms. The molecule has 1 amide bonds. The van der Waals surface area contributed by atoms with Gasteiger partial charge in [-0.2, -0.15) is 0 Å². The van der Waals surface area contributed by atoms with Gasteiger partial charge in [-0.1, -0.05) is 38.8 Å². The molecule has 22 heavy (non-hydrogen) atoms. The molecule has 2 atom stereocenters. The Bertz CT molecular complexity index is 657. The Kier molecular flexibility index (Phi) is 5.47. The van der Waals surface area contributed by atoms with E-state index in [1.54, 1.807) is 18.2 Å². The minimum Gasteiger partial charge on any atom is -0.350 e. The summed E-state index contributed by atoms with van der Waals surface area (Å²) in [5, 5.41) is 3.63. The van der Waals surface area contributed by atoms with Crippen LogP contribution in [0.1, 0.15) is 50.4 Å². The molecular formula is C18H23FN2O. The Morgan fingerprint density at radius 2 is 2.14 bits per heavy atom. The fraction of sp³-hybridized carbons (Fsp3) is 0.444. The van der Waals surface area contributed by atoms with Crippen molar-refractivity contribution in [3.8, 4) is 0 Å². The number of nitrogens with one attached hydrogen (secondary N) is 1. The van der Waals surface area contributed by atoms with E-state index in [1.807, 2.05) is 6.92 Å². The van der Waals surface area contributed by atoms with Crippen molar-refractivity contribution in [1.29, 1.82) is 0 Å². The Labute approximate surface area is 130 Å². The zero-order valence-corrected chi connectivity index (χ0v) is 13.4. The summed E-state index contributed by atoms with van der Waals surface area (Å²) in [5.41, 5.74) is 0.761. The highest BCUT2D eigenvalue weighted by Crippen LogP contribution is 2.17. The number of hydrogen-bond acceptors (Lipinski definition) is 2. The molecule has 1 aromatic heterocycles. The molecule has 0 spiro atoms. The van der Waals surface area contributed by atoms with Gasteiger partial charge in [0.1, 0.15) is 11.3 Å². The maximum absolute atomic E-state index is 13.6. The van der Waals surface area contributed by atoms with Crippen LogP contribution in [0.4, 0.5) is 4.39 Å². The van der Waals surface area contributed by atoms with Crippen LogP contribution in [0, 0.1) is 11.7 Å². The molecule has 1 aromatic carbocycles. The maximum Gasteiger partial charge on any atom is 0.253 e. The highest BCUT2D eigenvalue weighted by molar-refractivity contribution is 5.97. The first kappa shape index (κ1) is 16.4. The van der Waals surface area contributed by atoms with Crippen LogP contribution < -0.4 is 5.32 Å². The number of halogens is 1. The lowest BCUT2D eigenvalue weighted by atomic mass is 9.98. The first-order valence-electron chi connectivity index (χ1n) is 7.86. The van der Waals surface area contributed by atoms with E-state index >= 15 is 0 Å². The van der Waals surface area contributed by atoms with Gasteiger partial charge in [0.2, 0.25) is 0 Å². The normalized spacial score (nSPS) is 13.8. The van der Waals surface area contributed by atoms with Gasteiger partial charge in [-0.15, -0.1) is 0 Å². The number of fused-ring (bicyclic) bond motifs is 1. The predicted molar refractivity (Wildman–Crippen MR) is 87.3 cm³/mol. The van der Waals surface area contributed by atoms with Gasteiger partial charge in [-0.25, -0.2) is 4.39 Å². The molecule has 0 aliphatic rings. The van der Waals surface area contributed by atoms with Crippen molar-refractivity contribution >= 4 is 16.8 Å². The number of amides is 1. The van der Waals surface area contributed by atoms with Gasteiger partial charge in [0.25, 0.3) is 5.91 Å². The van der Waals surface area contributed by atoms with Gasteiger partial charge in [0.15, 0.2) is 0 Å². The molecule has 4 heteroatoms. The van der Waals surface area contributed by atoms with Gasteiger partial charge in [0, 0.05) is 17.6 Å². The van der Waals surface area contributed by atoms with Crippen LogP contribution in [0.15, 0.2) is 30.5 Å². The minimum absolute atomic E-state index is 0.109. The van der Waals surface area contributed by atoms with Crippen LogP contribution in [0.25, 0.3) is 10.9 Å². The largest absolute Gasteiger partial charge is 0.350 e. The van der Waals surface area contributed by atoms with E-state index in [2.05, 4.69) is 24.1 Å². The minimum atomic E-state index is -0.369. The number of hydrogen-bond donors (Lipinski definition) is 1. The zero-order valence-electron chi connectivity index (χ0n) is 13.4. The number of nitrogens with zero attached hydrogens (tertiary/aromatic N) is 1. The quantitative estimate of drug-likeness (QED) is 0.863. The lowest BCUT2D eigenvalue weighted by molar-refractivity contribution is 0.0935. The van der Waals surface area contributed by atoms with E-state index in [-0.39, 0.29) is 17.8 Å². The molecule has 0 fully saturated rings. The van der Waals surface area contributed by atoms with Crippen LogP contribution in [0.3, 0.4) is 0 Å². The Hall–Kier alpha value is -1.97. The number of carbonyl (C=O) groups excluding carboxylic acids is 1. The number of aromatic nitrogens is 1. The van der Waals surface area contributed by atoms with Crippen LogP contribution >= 0.6 is 0 Å². The predicted octanol–water partition coefficient (Wildman–Crippen LogP) is 4.32.